The molecule has 0 atom stereocenters. The van der Waals surface area contributed by atoms with Gasteiger partial charge >= 0.3 is 0 Å². The highest BCUT2D eigenvalue weighted by atomic mass is 15.5. The molecule has 0 aliphatic heterocycles. The third-order valence-electron chi connectivity index (χ3n) is 2.53. The number of para-hydroxylation sites is 1. The highest BCUT2D eigenvalue weighted by Crippen LogP contribution is 2.25. The highest BCUT2D eigenvalue weighted by Gasteiger charge is 2.11. The Labute approximate surface area is 94.3 Å². The lowest BCUT2D eigenvalue weighted by atomic mass is 10.1. The Morgan fingerprint density at radius 2 is 2.19 bits per heavy atom. The van der Waals surface area contributed by atoms with Crippen molar-refractivity contribution in [3.8, 4) is 11.4 Å². The number of hydrogen-bond donors (Lipinski definition) is 1. The SMILES string of the molecule is CCCn1nnnc1-c1cccc(C)c1N. The molecular formula is C11H15N5. The Morgan fingerprint density at radius 3 is 2.94 bits per heavy atom. The van der Waals surface area contributed by atoms with Gasteiger partial charge in [0.05, 0.1) is 0 Å². The normalized spacial score (nSPS) is 10.6. The second kappa shape index (κ2) is 4.30. The number of aromatic nitrogens is 4. The average molecular weight is 217 g/mol. The van der Waals surface area contributed by atoms with Crippen molar-refractivity contribution >= 4 is 5.69 Å². The van der Waals surface area contributed by atoms with Gasteiger partial charge in [0.1, 0.15) is 0 Å². The monoisotopic (exact) mass is 217 g/mol. The highest BCUT2D eigenvalue weighted by molar-refractivity contribution is 5.73. The molecule has 0 aliphatic carbocycles. The minimum absolute atomic E-state index is 0.739. The van der Waals surface area contributed by atoms with Crippen LogP contribution in [0, 0.1) is 6.92 Å². The zero-order valence-electron chi connectivity index (χ0n) is 9.51. The molecule has 0 radical (unpaired) electrons. The fourth-order valence-electron chi connectivity index (χ4n) is 1.64. The van der Waals surface area contributed by atoms with Crippen LogP contribution in [0.2, 0.25) is 0 Å². The van der Waals surface area contributed by atoms with E-state index in [2.05, 4.69) is 22.4 Å². The zero-order chi connectivity index (χ0) is 11.5. The minimum Gasteiger partial charge on any atom is -0.398 e. The quantitative estimate of drug-likeness (QED) is 0.793. The van der Waals surface area contributed by atoms with E-state index in [1.807, 2.05) is 25.1 Å². The van der Waals surface area contributed by atoms with Crippen molar-refractivity contribution in [2.75, 3.05) is 5.73 Å². The Balaban J connectivity index is 2.50. The molecule has 2 aromatic rings. The molecule has 0 aliphatic rings. The lowest BCUT2D eigenvalue weighted by Gasteiger charge is -2.07. The molecule has 0 spiro atoms. The fourth-order valence-corrected chi connectivity index (χ4v) is 1.64. The number of nitrogens with zero attached hydrogens (tertiary/aromatic N) is 4. The Hall–Kier alpha value is -1.91. The van der Waals surface area contributed by atoms with Gasteiger partial charge in [0.25, 0.3) is 0 Å². The van der Waals surface area contributed by atoms with Crippen LogP contribution in [0.4, 0.5) is 5.69 Å². The first-order valence-electron chi connectivity index (χ1n) is 5.35. The third kappa shape index (κ3) is 1.76. The van der Waals surface area contributed by atoms with E-state index in [0.29, 0.717) is 0 Å². The number of tetrazole rings is 1. The summed E-state index contributed by atoms with van der Waals surface area (Å²) in [7, 11) is 0. The standard InChI is InChI=1S/C11H15N5/c1-3-7-16-11(13-14-15-16)9-6-4-5-8(2)10(9)12/h4-6H,3,7,12H2,1-2H3. The first-order chi connectivity index (χ1) is 7.74. The maximum Gasteiger partial charge on any atom is 0.184 e. The summed E-state index contributed by atoms with van der Waals surface area (Å²) in [5.74, 6) is 0.739. The smallest absolute Gasteiger partial charge is 0.184 e. The van der Waals surface area contributed by atoms with Crippen LogP contribution < -0.4 is 5.73 Å². The molecule has 84 valence electrons. The topological polar surface area (TPSA) is 69.6 Å². The molecule has 0 unspecified atom stereocenters. The van der Waals surface area contributed by atoms with E-state index in [1.54, 1.807) is 4.68 Å². The molecule has 1 aromatic carbocycles. The number of rotatable bonds is 3. The van der Waals surface area contributed by atoms with Crippen LogP contribution in [0.5, 0.6) is 0 Å². The molecule has 2 N–H and O–H groups in total. The van der Waals surface area contributed by atoms with Gasteiger partial charge in [-0.3, -0.25) is 0 Å². The second-order valence-corrected chi connectivity index (χ2v) is 3.76. The van der Waals surface area contributed by atoms with E-state index in [-0.39, 0.29) is 0 Å². The average Bonchev–Trinajstić information content (AvgIpc) is 2.71. The van der Waals surface area contributed by atoms with E-state index in [1.165, 1.54) is 0 Å². The van der Waals surface area contributed by atoms with E-state index < -0.39 is 0 Å². The number of aryl methyl sites for hydroxylation is 2. The van der Waals surface area contributed by atoms with Crippen molar-refractivity contribution < 1.29 is 0 Å². The van der Waals surface area contributed by atoms with Crippen LogP contribution in [-0.4, -0.2) is 20.2 Å². The van der Waals surface area contributed by atoms with Gasteiger partial charge in [-0.15, -0.1) is 5.10 Å². The molecule has 0 fully saturated rings. The van der Waals surface area contributed by atoms with Gasteiger partial charge in [-0.05, 0) is 35.4 Å². The second-order valence-electron chi connectivity index (χ2n) is 3.76. The first kappa shape index (κ1) is 10.6. The van der Waals surface area contributed by atoms with Crippen LogP contribution in [0.1, 0.15) is 18.9 Å². The minimum atomic E-state index is 0.739. The van der Waals surface area contributed by atoms with Crippen molar-refractivity contribution in [3.05, 3.63) is 23.8 Å². The fraction of sp³-hybridized carbons (Fsp3) is 0.364. The maximum absolute atomic E-state index is 6.03. The first-order valence-corrected chi connectivity index (χ1v) is 5.35. The van der Waals surface area contributed by atoms with Crippen molar-refractivity contribution in [1.29, 1.82) is 0 Å². The van der Waals surface area contributed by atoms with Gasteiger partial charge in [0.15, 0.2) is 5.82 Å². The molecule has 0 bridgehead atoms. The molecule has 16 heavy (non-hydrogen) atoms. The van der Waals surface area contributed by atoms with Gasteiger partial charge in [-0.25, -0.2) is 4.68 Å². The summed E-state index contributed by atoms with van der Waals surface area (Å²) in [6.45, 7) is 4.87. The summed E-state index contributed by atoms with van der Waals surface area (Å²) in [5, 5.41) is 11.7. The number of nitrogens with two attached hydrogens (primary N) is 1. The van der Waals surface area contributed by atoms with E-state index >= 15 is 0 Å². The van der Waals surface area contributed by atoms with Crippen molar-refractivity contribution in [1.82, 2.24) is 20.2 Å². The number of hydrogen-bond acceptors (Lipinski definition) is 4. The largest absolute Gasteiger partial charge is 0.398 e. The molecule has 1 aromatic heterocycles. The predicted octanol–water partition coefficient (Wildman–Crippen LogP) is 1.64. The zero-order valence-corrected chi connectivity index (χ0v) is 9.51. The van der Waals surface area contributed by atoms with E-state index in [4.69, 9.17) is 5.73 Å². The number of anilines is 1. The third-order valence-corrected chi connectivity index (χ3v) is 2.53. The Kier molecular flexibility index (Phi) is 2.85. The lowest BCUT2D eigenvalue weighted by molar-refractivity contribution is 0.583. The molecule has 5 nitrogen and oxygen atoms in total. The lowest BCUT2D eigenvalue weighted by Crippen LogP contribution is -2.04. The summed E-state index contributed by atoms with van der Waals surface area (Å²) in [6.07, 6.45) is 0.990. The van der Waals surface area contributed by atoms with Gasteiger partial charge in [-0.1, -0.05) is 19.1 Å². The van der Waals surface area contributed by atoms with Gasteiger partial charge < -0.3 is 5.73 Å². The molecule has 1 heterocycles. The van der Waals surface area contributed by atoms with Crippen molar-refractivity contribution in [2.24, 2.45) is 0 Å². The maximum atomic E-state index is 6.03. The molecule has 0 saturated carbocycles. The van der Waals surface area contributed by atoms with Gasteiger partial charge in [0, 0.05) is 17.8 Å². The summed E-state index contributed by atoms with van der Waals surface area (Å²) < 4.78 is 1.78. The molecule has 2 rings (SSSR count). The summed E-state index contributed by atoms with van der Waals surface area (Å²) in [5.41, 5.74) is 8.72. The summed E-state index contributed by atoms with van der Waals surface area (Å²) in [6, 6.07) is 5.89. The van der Waals surface area contributed by atoms with Crippen molar-refractivity contribution in [2.45, 2.75) is 26.8 Å². The van der Waals surface area contributed by atoms with Crippen molar-refractivity contribution in [3.63, 3.8) is 0 Å². The Bertz CT molecular complexity index is 489. The van der Waals surface area contributed by atoms with E-state index in [9.17, 15) is 0 Å². The van der Waals surface area contributed by atoms with Crippen LogP contribution >= 0.6 is 0 Å². The molecular weight excluding hydrogens is 202 g/mol. The molecule has 0 amide bonds. The summed E-state index contributed by atoms with van der Waals surface area (Å²) >= 11 is 0. The Morgan fingerprint density at radius 1 is 1.38 bits per heavy atom. The van der Waals surface area contributed by atoms with Crippen LogP contribution in [0.15, 0.2) is 18.2 Å². The number of benzene rings is 1. The van der Waals surface area contributed by atoms with Crippen LogP contribution in [0.3, 0.4) is 0 Å². The molecule has 0 saturated heterocycles. The molecule has 5 heteroatoms. The summed E-state index contributed by atoms with van der Waals surface area (Å²) in [4.78, 5) is 0. The van der Waals surface area contributed by atoms with Gasteiger partial charge in [-0.2, -0.15) is 0 Å². The van der Waals surface area contributed by atoms with E-state index in [0.717, 1.165) is 35.6 Å². The van der Waals surface area contributed by atoms with Crippen LogP contribution in [-0.2, 0) is 6.54 Å². The number of nitrogen functional groups attached to an aromatic ring is 1. The van der Waals surface area contributed by atoms with Gasteiger partial charge in [0.2, 0.25) is 0 Å². The van der Waals surface area contributed by atoms with Crippen LogP contribution in [0.25, 0.3) is 11.4 Å². The predicted molar refractivity (Wildman–Crippen MR) is 62.7 cm³/mol.